The van der Waals surface area contributed by atoms with Crippen molar-refractivity contribution in [3.63, 3.8) is 0 Å². The highest BCUT2D eigenvalue weighted by atomic mass is 32.2. The molecular weight excluding hydrogens is 466 g/mol. The molecule has 1 N–H and O–H groups in total. The van der Waals surface area contributed by atoms with Gasteiger partial charge in [0, 0.05) is 18.3 Å². The molecule has 3 atom stereocenters. The Kier molecular flexibility index (Phi) is 6.44. The van der Waals surface area contributed by atoms with Gasteiger partial charge < -0.3 is 15.0 Å². The number of ether oxygens (including phenoxy) is 1. The quantitative estimate of drug-likeness (QED) is 0.680. The number of likely N-dealkylation sites (tertiary alicyclic amines) is 1. The van der Waals surface area contributed by atoms with Crippen molar-refractivity contribution in [2.75, 3.05) is 29.0 Å². The van der Waals surface area contributed by atoms with Crippen molar-refractivity contribution in [2.45, 2.75) is 50.6 Å². The molecule has 3 unspecified atom stereocenters. The Labute approximate surface area is 206 Å². The molecule has 2 aromatic rings. The summed E-state index contributed by atoms with van der Waals surface area (Å²) in [6.07, 6.45) is 5.33. The van der Waals surface area contributed by atoms with Crippen LogP contribution in [0.3, 0.4) is 0 Å². The fourth-order valence-corrected chi connectivity index (χ4v) is 7.38. The molecule has 2 aromatic carbocycles. The van der Waals surface area contributed by atoms with E-state index in [1.165, 1.54) is 4.31 Å². The van der Waals surface area contributed by atoms with E-state index < -0.39 is 16.1 Å². The highest BCUT2D eigenvalue weighted by Gasteiger charge is 2.48. The summed E-state index contributed by atoms with van der Waals surface area (Å²) in [5.74, 6) is 0.575. The number of anilines is 2. The van der Waals surface area contributed by atoms with E-state index in [2.05, 4.69) is 5.32 Å². The summed E-state index contributed by atoms with van der Waals surface area (Å²) in [4.78, 5) is 28.9. The largest absolute Gasteiger partial charge is 0.496 e. The number of methoxy groups -OCH3 is 1. The number of carbonyl (C=O) groups is 2. The first-order valence-corrected chi connectivity index (χ1v) is 13.9. The fraction of sp³-hybridized carbons (Fsp3) is 0.462. The Morgan fingerprint density at radius 3 is 2.46 bits per heavy atom. The van der Waals surface area contributed by atoms with Gasteiger partial charge in [-0.2, -0.15) is 0 Å². The van der Waals surface area contributed by atoms with E-state index in [-0.39, 0.29) is 23.6 Å². The van der Waals surface area contributed by atoms with Crippen LogP contribution >= 0.6 is 0 Å². The van der Waals surface area contributed by atoms with Gasteiger partial charge in [-0.1, -0.05) is 25.0 Å². The molecule has 186 valence electrons. The summed E-state index contributed by atoms with van der Waals surface area (Å²) in [5.41, 5.74) is 1.64. The van der Waals surface area contributed by atoms with Crippen LogP contribution in [0.25, 0.3) is 0 Å². The first kappa shape index (κ1) is 23.7. The van der Waals surface area contributed by atoms with E-state index in [9.17, 15) is 18.0 Å². The van der Waals surface area contributed by atoms with E-state index in [1.54, 1.807) is 54.5 Å². The summed E-state index contributed by atoms with van der Waals surface area (Å²) in [6, 6.07) is 13.5. The Bertz CT molecular complexity index is 1210. The van der Waals surface area contributed by atoms with Gasteiger partial charge in [-0.25, -0.2) is 8.42 Å². The van der Waals surface area contributed by atoms with Crippen molar-refractivity contribution < 1.29 is 22.7 Å². The highest BCUT2D eigenvalue weighted by molar-refractivity contribution is 7.93. The van der Waals surface area contributed by atoms with Crippen LogP contribution in [0.1, 0.15) is 48.9 Å². The second-order valence-electron chi connectivity index (χ2n) is 9.55. The van der Waals surface area contributed by atoms with Gasteiger partial charge in [0.05, 0.1) is 24.1 Å². The van der Waals surface area contributed by atoms with Gasteiger partial charge in [-0.3, -0.25) is 13.9 Å². The molecule has 35 heavy (non-hydrogen) atoms. The van der Waals surface area contributed by atoms with Crippen LogP contribution in [0.5, 0.6) is 5.75 Å². The summed E-state index contributed by atoms with van der Waals surface area (Å²) < 4.78 is 31.2. The number of amides is 2. The average molecular weight is 498 g/mol. The molecule has 2 aliphatic heterocycles. The molecule has 0 bridgehead atoms. The van der Waals surface area contributed by atoms with Gasteiger partial charge >= 0.3 is 0 Å². The van der Waals surface area contributed by atoms with Gasteiger partial charge in [0.2, 0.25) is 15.9 Å². The molecule has 0 radical (unpaired) electrons. The normalized spacial score (nSPS) is 25.2. The number of nitrogens with zero attached hydrogens (tertiary/aromatic N) is 2. The number of sulfonamides is 1. The molecule has 0 spiro atoms. The minimum Gasteiger partial charge on any atom is -0.496 e. The molecule has 1 saturated carbocycles. The van der Waals surface area contributed by atoms with Gasteiger partial charge in [-0.15, -0.1) is 0 Å². The minimum atomic E-state index is -3.26. The molecule has 3 fully saturated rings. The molecule has 5 rings (SSSR count). The van der Waals surface area contributed by atoms with Crippen LogP contribution in [-0.2, 0) is 14.8 Å². The second kappa shape index (κ2) is 9.53. The Balaban J connectivity index is 1.37. The third-order valence-corrected chi connectivity index (χ3v) is 9.35. The number of carbonyl (C=O) groups excluding carboxylic acids is 2. The molecule has 2 saturated heterocycles. The van der Waals surface area contributed by atoms with Crippen molar-refractivity contribution in [3.05, 3.63) is 54.1 Å². The predicted octanol–water partition coefficient (Wildman–Crippen LogP) is 3.65. The first-order chi connectivity index (χ1) is 16.9. The molecule has 1 aliphatic carbocycles. The molecule has 0 aromatic heterocycles. The van der Waals surface area contributed by atoms with E-state index in [1.807, 2.05) is 6.07 Å². The average Bonchev–Trinajstić information content (AvgIpc) is 3.43. The number of fused-ring (bicyclic) bond motifs is 1. The van der Waals surface area contributed by atoms with Gasteiger partial charge in [-0.05, 0) is 68.0 Å². The van der Waals surface area contributed by atoms with E-state index in [0.29, 0.717) is 48.0 Å². The summed E-state index contributed by atoms with van der Waals surface area (Å²) in [6.45, 7) is 0.471. The van der Waals surface area contributed by atoms with Gasteiger partial charge in [0.15, 0.2) is 0 Å². The van der Waals surface area contributed by atoms with Crippen molar-refractivity contribution in [1.82, 2.24) is 4.90 Å². The lowest BCUT2D eigenvalue weighted by atomic mass is 9.84. The number of nitrogens with one attached hydrogen (secondary N) is 1. The van der Waals surface area contributed by atoms with Crippen molar-refractivity contribution in [3.8, 4) is 5.75 Å². The third-order valence-electron chi connectivity index (χ3n) is 7.48. The summed E-state index contributed by atoms with van der Waals surface area (Å²) in [5, 5.41) is 2.96. The van der Waals surface area contributed by atoms with Crippen LogP contribution in [0, 0.1) is 5.92 Å². The van der Waals surface area contributed by atoms with E-state index in [0.717, 1.165) is 25.7 Å². The number of benzene rings is 2. The topological polar surface area (TPSA) is 96.0 Å². The van der Waals surface area contributed by atoms with Crippen LogP contribution in [-0.4, -0.2) is 56.6 Å². The maximum absolute atomic E-state index is 13.7. The van der Waals surface area contributed by atoms with E-state index >= 15 is 0 Å². The molecule has 2 amide bonds. The Hall–Kier alpha value is -3.07. The predicted molar refractivity (Wildman–Crippen MR) is 134 cm³/mol. The maximum Gasteiger partial charge on any atom is 0.258 e. The number of hydrogen-bond acceptors (Lipinski definition) is 5. The maximum atomic E-state index is 13.7. The Morgan fingerprint density at radius 1 is 1.00 bits per heavy atom. The molecule has 8 nitrogen and oxygen atoms in total. The smallest absolute Gasteiger partial charge is 0.258 e. The number of rotatable bonds is 5. The molecular formula is C26H31N3O5S. The zero-order valence-electron chi connectivity index (χ0n) is 19.9. The molecule has 9 heteroatoms. The second-order valence-corrected chi connectivity index (χ2v) is 11.6. The minimum absolute atomic E-state index is 0.0414. The van der Waals surface area contributed by atoms with Crippen LogP contribution in [0.15, 0.2) is 48.5 Å². The van der Waals surface area contributed by atoms with Crippen molar-refractivity contribution in [1.29, 1.82) is 0 Å². The van der Waals surface area contributed by atoms with Crippen LogP contribution in [0.4, 0.5) is 11.4 Å². The number of para-hydroxylation sites is 1. The third kappa shape index (κ3) is 4.49. The fourth-order valence-electron chi connectivity index (χ4n) is 5.81. The lowest BCUT2D eigenvalue weighted by Gasteiger charge is -2.34. The van der Waals surface area contributed by atoms with Gasteiger partial charge in [0.25, 0.3) is 5.91 Å². The monoisotopic (exact) mass is 497 g/mol. The van der Waals surface area contributed by atoms with E-state index in [4.69, 9.17) is 4.74 Å². The SMILES string of the molecule is COc1ccccc1C(=O)N1C(C(=O)Nc2ccc(N3CCCS3(=O)=O)cc2)CC2CCCCC21. The van der Waals surface area contributed by atoms with Crippen molar-refractivity contribution in [2.24, 2.45) is 5.92 Å². The van der Waals surface area contributed by atoms with Gasteiger partial charge in [0.1, 0.15) is 11.8 Å². The highest BCUT2D eigenvalue weighted by Crippen LogP contribution is 2.41. The van der Waals surface area contributed by atoms with Crippen LogP contribution in [0.2, 0.25) is 0 Å². The zero-order valence-corrected chi connectivity index (χ0v) is 20.7. The zero-order chi connectivity index (χ0) is 24.6. The standard InChI is InChI=1S/C26H31N3O5S/c1-34-24-10-5-3-8-21(24)26(31)29-22-9-4-2-7-18(22)17-23(29)25(30)27-19-11-13-20(14-12-19)28-15-6-16-35(28,32)33/h3,5,8,10-14,18,22-23H,2,4,6-7,9,15-17H2,1H3,(H,27,30). The van der Waals surface area contributed by atoms with Crippen molar-refractivity contribution >= 4 is 33.2 Å². The summed E-state index contributed by atoms with van der Waals surface area (Å²) in [7, 11) is -1.72. The molecule has 2 heterocycles. The summed E-state index contributed by atoms with van der Waals surface area (Å²) >= 11 is 0. The lowest BCUT2D eigenvalue weighted by molar-refractivity contribution is -0.120. The Morgan fingerprint density at radius 2 is 1.74 bits per heavy atom. The lowest BCUT2D eigenvalue weighted by Crippen LogP contribution is -2.48. The first-order valence-electron chi connectivity index (χ1n) is 12.3. The molecule has 3 aliphatic rings. The number of hydrogen-bond donors (Lipinski definition) is 1. The van der Waals surface area contributed by atoms with Crippen LogP contribution < -0.4 is 14.4 Å².